The molecule has 2 aliphatic carbocycles. The number of ether oxygens (including phenoxy) is 4. The molecule has 0 bridgehead atoms. The van der Waals surface area contributed by atoms with E-state index >= 15 is 0 Å². The molecule has 0 aromatic rings. The van der Waals surface area contributed by atoms with Crippen molar-refractivity contribution in [2.45, 2.75) is 137 Å². The minimum absolute atomic E-state index is 0.299. The van der Waals surface area contributed by atoms with Gasteiger partial charge in [0.15, 0.2) is 0 Å². The maximum Gasteiger partial charge on any atom is 0.510 e. The van der Waals surface area contributed by atoms with E-state index in [1.165, 1.54) is 7.05 Å². The number of carbonyl (C=O) groups is 3. The number of hydrogen-bond donors (Lipinski definition) is 2. The van der Waals surface area contributed by atoms with Crippen LogP contribution in [0.2, 0.25) is 0 Å². The normalized spacial score (nSPS) is 20.5. The largest absolute Gasteiger partial charge is 0.510 e. The van der Waals surface area contributed by atoms with E-state index in [1.54, 1.807) is 41.5 Å². The number of carboxylic acid groups (broad SMARTS) is 1. The quantitative estimate of drug-likeness (QED) is 0.0691. The van der Waals surface area contributed by atoms with Crippen molar-refractivity contribution in [3.05, 3.63) is 0 Å². The van der Waals surface area contributed by atoms with Gasteiger partial charge >= 0.3 is 26.0 Å². The third-order valence-electron chi connectivity index (χ3n) is 7.51. The maximum absolute atomic E-state index is 14.3. The van der Waals surface area contributed by atoms with Gasteiger partial charge in [0.2, 0.25) is 18.5 Å². The monoisotopic (exact) mass is 649 g/mol. The fraction of sp³-hybridized carbons (Fsp3) is 0.862. The first-order valence-corrected chi connectivity index (χ1v) is 17.1. The van der Waals surface area contributed by atoms with Crippen molar-refractivity contribution >= 4 is 32.0 Å². The van der Waals surface area contributed by atoms with E-state index in [9.17, 15) is 24.1 Å². The third kappa shape index (κ3) is 12.4. The molecule has 2 fully saturated rings. The molecule has 2 aliphatic rings. The summed E-state index contributed by atoms with van der Waals surface area (Å²) in [5.74, 6) is -3.18. The van der Waals surface area contributed by atoms with Gasteiger partial charge in [0, 0.05) is 18.9 Å². The fourth-order valence-electron chi connectivity index (χ4n) is 5.01. The minimum Gasteiger partial charge on any atom is -0.480 e. The van der Waals surface area contributed by atoms with Crippen molar-refractivity contribution in [2.24, 2.45) is 28.3 Å². The molecule has 3 unspecified atom stereocenters. The summed E-state index contributed by atoms with van der Waals surface area (Å²) in [5, 5.41) is 9.74. The molecule has 254 valence electrons. The van der Waals surface area contributed by atoms with Crippen molar-refractivity contribution in [1.82, 2.24) is 4.90 Å². The highest BCUT2D eigenvalue weighted by molar-refractivity contribution is 7.52. The maximum atomic E-state index is 14.3. The van der Waals surface area contributed by atoms with E-state index in [1.807, 2.05) is 0 Å². The van der Waals surface area contributed by atoms with E-state index in [-0.39, 0.29) is 12.2 Å². The molecule has 0 saturated heterocycles. The molecule has 0 spiro atoms. The number of carbonyl (C=O) groups excluding carboxylic acids is 2. The van der Waals surface area contributed by atoms with Gasteiger partial charge in [0.1, 0.15) is 18.2 Å². The Hall–Kier alpha value is -2.57. The minimum atomic E-state index is -4.78. The van der Waals surface area contributed by atoms with Crippen molar-refractivity contribution in [1.29, 1.82) is 0 Å². The summed E-state index contributed by atoms with van der Waals surface area (Å²) in [7, 11) is -3.41. The van der Waals surface area contributed by atoms with Crippen LogP contribution in [0.5, 0.6) is 0 Å². The van der Waals surface area contributed by atoms with E-state index in [2.05, 4.69) is 4.76 Å². The Balaban J connectivity index is 2.34. The predicted octanol–water partition coefficient (Wildman–Crippen LogP) is 6.42. The molecule has 0 heterocycles. The molecule has 0 aromatic carbocycles. The fourth-order valence-corrected chi connectivity index (χ4v) is 6.65. The second kappa shape index (κ2) is 17.8. The number of nitrogens with two attached hydrogens (primary N) is 1. The van der Waals surface area contributed by atoms with Gasteiger partial charge in [-0.15, -0.1) is 4.76 Å². The standard InChI is InChI=1S/C29H52N3O11P/c1-18(2)23(24(33)34)32(7)27(30)31-44(37,42-25(19(3)4)40-28(35)38-21-14-10-8-11-15-21)43-26(20(5)6)41-29(36)39-22-16-12-9-13-17-22/h18-23,25-26H,8-17H2,1-7H3,(H,33,34)(H2,30,31,37). The first kappa shape index (κ1) is 37.6. The summed E-state index contributed by atoms with van der Waals surface area (Å²) in [6.45, 7) is 9.96. The van der Waals surface area contributed by atoms with E-state index < -0.39 is 68.4 Å². The van der Waals surface area contributed by atoms with Crippen LogP contribution in [0, 0.1) is 17.8 Å². The van der Waals surface area contributed by atoms with Crippen molar-refractivity contribution in [2.75, 3.05) is 7.05 Å². The first-order chi connectivity index (χ1) is 20.6. The van der Waals surface area contributed by atoms with Crippen LogP contribution in [0.3, 0.4) is 0 Å². The average molecular weight is 650 g/mol. The SMILES string of the molecule is CC(C)C(OC(=O)OC1CCCCC1)OP(=O)(N=C(N)N(C)C(C(=O)O)C(C)C)OC(OC(=O)OC1CCCCC1)C(C)C. The van der Waals surface area contributed by atoms with Crippen molar-refractivity contribution in [3.63, 3.8) is 0 Å². The van der Waals surface area contributed by atoms with Gasteiger partial charge in [-0.1, -0.05) is 54.4 Å². The summed E-state index contributed by atoms with van der Waals surface area (Å²) in [6, 6.07) is -1.13. The van der Waals surface area contributed by atoms with E-state index in [0.717, 1.165) is 43.4 Å². The van der Waals surface area contributed by atoms with Crippen LogP contribution < -0.4 is 5.73 Å². The van der Waals surface area contributed by atoms with E-state index in [0.29, 0.717) is 25.7 Å². The van der Waals surface area contributed by atoms with Gasteiger partial charge in [0.05, 0.1) is 0 Å². The van der Waals surface area contributed by atoms with Crippen LogP contribution in [0.25, 0.3) is 0 Å². The number of likely N-dealkylation sites (N-methyl/N-ethyl adjacent to an activating group) is 1. The van der Waals surface area contributed by atoms with Crippen LogP contribution in [0.1, 0.15) is 106 Å². The number of aliphatic carboxylic acids is 1. The molecular formula is C29H52N3O11P. The van der Waals surface area contributed by atoms with Gasteiger partial charge in [-0.25, -0.2) is 28.0 Å². The van der Waals surface area contributed by atoms with Crippen molar-refractivity contribution in [3.8, 4) is 0 Å². The van der Waals surface area contributed by atoms with Gasteiger partial charge < -0.3 is 34.7 Å². The second-order valence-corrected chi connectivity index (χ2v) is 14.1. The number of nitrogens with zero attached hydrogens (tertiary/aromatic N) is 2. The Morgan fingerprint density at radius 1 is 0.750 bits per heavy atom. The van der Waals surface area contributed by atoms with Crippen LogP contribution >= 0.6 is 7.75 Å². The average Bonchev–Trinajstić information content (AvgIpc) is 2.92. The molecule has 0 amide bonds. The molecule has 0 radical (unpaired) electrons. The van der Waals surface area contributed by atoms with Crippen molar-refractivity contribution < 1.29 is 52.1 Å². The van der Waals surface area contributed by atoms with Crippen LogP contribution in [-0.4, -0.2) is 72.1 Å². The Bertz CT molecular complexity index is 959. The number of hydrogen-bond acceptors (Lipinski definition) is 10. The Morgan fingerprint density at radius 3 is 1.45 bits per heavy atom. The lowest BCUT2D eigenvalue weighted by atomic mass is 9.98. The Kier molecular flexibility index (Phi) is 15.2. The number of guanidine groups is 1. The Morgan fingerprint density at radius 2 is 1.14 bits per heavy atom. The lowest BCUT2D eigenvalue weighted by Gasteiger charge is -2.31. The third-order valence-corrected chi connectivity index (χ3v) is 8.90. The zero-order valence-electron chi connectivity index (χ0n) is 27.1. The van der Waals surface area contributed by atoms with Gasteiger partial charge in [-0.2, -0.15) is 0 Å². The molecule has 2 rings (SSSR count). The summed E-state index contributed by atoms with van der Waals surface area (Å²) in [5.41, 5.74) is 6.15. The second-order valence-electron chi connectivity index (χ2n) is 12.5. The molecule has 3 atom stereocenters. The topological polar surface area (TPSA) is 186 Å². The highest BCUT2D eigenvalue weighted by Crippen LogP contribution is 2.54. The van der Waals surface area contributed by atoms with E-state index in [4.69, 9.17) is 33.7 Å². The van der Waals surface area contributed by atoms with Gasteiger partial charge in [-0.3, -0.25) is 0 Å². The summed E-state index contributed by atoms with van der Waals surface area (Å²) < 4.78 is 51.5. The summed E-state index contributed by atoms with van der Waals surface area (Å²) >= 11 is 0. The molecule has 14 nitrogen and oxygen atoms in total. The smallest absolute Gasteiger partial charge is 0.480 e. The lowest BCUT2D eigenvalue weighted by molar-refractivity contribution is -0.143. The van der Waals surface area contributed by atoms with Gasteiger partial charge in [0.25, 0.3) is 0 Å². The van der Waals surface area contributed by atoms with Gasteiger partial charge in [-0.05, 0) is 57.3 Å². The molecule has 44 heavy (non-hydrogen) atoms. The molecule has 2 saturated carbocycles. The summed E-state index contributed by atoms with van der Waals surface area (Å²) in [6.07, 6.45) is 3.14. The Labute approximate surface area is 260 Å². The summed E-state index contributed by atoms with van der Waals surface area (Å²) in [4.78, 5) is 38.4. The molecule has 15 heteroatoms. The number of carboxylic acids is 1. The molecule has 0 aliphatic heterocycles. The molecule has 3 N–H and O–H groups in total. The highest BCUT2D eigenvalue weighted by atomic mass is 31.2. The predicted molar refractivity (Wildman–Crippen MR) is 162 cm³/mol. The highest BCUT2D eigenvalue weighted by Gasteiger charge is 2.40. The zero-order chi connectivity index (χ0) is 33.0. The molecular weight excluding hydrogens is 597 g/mol. The van der Waals surface area contributed by atoms with Crippen LogP contribution in [0.4, 0.5) is 9.59 Å². The number of rotatable bonds is 14. The first-order valence-electron chi connectivity index (χ1n) is 15.6. The van der Waals surface area contributed by atoms with Crippen LogP contribution in [0.15, 0.2) is 4.76 Å². The lowest BCUT2D eigenvalue weighted by Crippen LogP contribution is -2.48. The zero-order valence-corrected chi connectivity index (χ0v) is 28.0. The molecule has 0 aromatic heterocycles. The van der Waals surface area contributed by atoms with Crippen LogP contribution in [-0.2, 0) is 37.4 Å².